The van der Waals surface area contributed by atoms with Crippen LogP contribution in [0.25, 0.3) is 0 Å². The smallest absolute Gasteiger partial charge is 0.211 e. The van der Waals surface area contributed by atoms with Crippen LogP contribution in [0.15, 0.2) is 24.3 Å². The quantitative estimate of drug-likeness (QED) is 0.551. The second kappa shape index (κ2) is 9.14. The molecule has 0 aliphatic rings. The van der Waals surface area contributed by atoms with Crippen LogP contribution >= 0.6 is 0 Å². The van der Waals surface area contributed by atoms with Crippen molar-refractivity contribution in [2.45, 2.75) is 32.7 Å². The van der Waals surface area contributed by atoms with Crippen molar-refractivity contribution in [2.75, 3.05) is 19.8 Å². The molecule has 1 atom stereocenters. The second-order valence-corrected chi connectivity index (χ2v) is 6.77. The highest BCUT2D eigenvalue weighted by molar-refractivity contribution is 6.68. The van der Waals surface area contributed by atoms with Crippen molar-refractivity contribution in [3.05, 3.63) is 24.3 Å². The predicted octanol–water partition coefficient (Wildman–Crippen LogP) is 2.18. The number of benzene rings is 1. The molecule has 4 heteroatoms. The number of hydrogen-bond donors (Lipinski definition) is 1. The minimum atomic E-state index is -1.49. The summed E-state index contributed by atoms with van der Waals surface area (Å²) in [6.07, 6.45) is 2.02. The number of rotatable bonds is 9. The summed E-state index contributed by atoms with van der Waals surface area (Å²) in [4.78, 5) is 0. The van der Waals surface area contributed by atoms with E-state index in [9.17, 15) is 5.11 Å². The van der Waals surface area contributed by atoms with Crippen LogP contribution in [-0.4, -0.2) is 34.0 Å². The zero-order valence-electron chi connectivity index (χ0n) is 11.4. The maximum Gasteiger partial charge on any atom is 0.211 e. The molecular formula is C14H24O3Si. The fourth-order valence-electron chi connectivity index (χ4n) is 1.88. The molecule has 1 rings (SSSR count). The van der Waals surface area contributed by atoms with Gasteiger partial charge in [0.15, 0.2) is 0 Å². The molecule has 0 aliphatic carbocycles. The molecule has 0 saturated heterocycles. The van der Waals surface area contributed by atoms with Crippen LogP contribution in [-0.2, 0) is 9.16 Å². The first-order valence-electron chi connectivity index (χ1n) is 6.76. The van der Waals surface area contributed by atoms with Gasteiger partial charge < -0.3 is 14.3 Å². The zero-order valence-corrected chi connectivity index (χ0v) is 12.5. The average Bonchev–Trinajstić information content (AvgIpc) is 2.38. The molecule has 102 valence electrons. The van der Waals surface area contributed by atoms with E-state index in [-0.39, 0.29) is 0 Å². The van der Waals surface area contributed by atoms with Gasteiger partial charge in [-0.1, -0.05) is 31.5 Å². The van der Waals surface area contributed by atoms with Crippen molar-refractivity contribution >= 4 is 14.2 Å². The van der Waals surface area contributed by atoms with Gasteiger partial charge in [-0.25, -0.2) is 0 Å². The third-order valence-corrected chi connectivity index (χ3v) is 5.71. The number of ether oxygens (including phenoxy) is 1. The highest BCUT2D eigenvalue weighted by atomic mass is 28.3. The molecule has 1 aromatic carbocycles. The molecule has 0 aromatic heterocycles. The molecule has 0 radical (unpaired) electrons. The van der Waals surface area contributed by atoms with Gasteiger partial charge in [0.25, 0.3) is 0 Å². The minimum absolute atomic E-state index is 0.382. The average molecular weight is 268 g/mol. The highest BCUT2D eigenvalue weighted by Crippen LogP contribution is 2.10. The van der Waals surface area contributed by atoms with Crippen molar-refractivity contribution in [1.29, 1.82) is 0 Å². The van der Waals surface area contributed by atoms with Gasteiger partial charge in [0.1, 0.15) is 5.75 Å². The highest BCUT2D eigenvalue weighted by Gasteiger charge is 2.17. The molecule has 1 N–H and O–H groups in total. The van der Waals surface area contributed by atoms with E-state index in [0.717, 1.165) is 43.9 Å². The van der Waals surface area contributed by atoms with Crippen LogP contribution in [0, 0.1) is 0 Å². The molecule has 0 saturated carbocycles. The van der Waals surface area contributed by atoms with Crippen molar-refractivity contribution in [3.63, 3.8) is 0 Å². The zero-order chi connectivity index (χ0) is 13.2. The molecule has 18 heavy (non-hydrogen) atoms. The molecule has 0 heterocycles. The van der Waals surface area contributed by atoms with Crippen molar-refractivity contribution in [1.82, 2.24) is 0 Å². The minimum Gasteiger partial charge on any atom is -0.508 e. The molecule has 0 amide bonds. The standard InChI is InChI=1S/C14H24O3Si/c1-3-12-18(17-11-7-10-16-4-2)14-9-6-5-8-13(14)15/h5-6,8-9,15,18H,3-4,7,10-12H2,1-2H3. The third-order valence-electron chi connectivity index (χ3n) is 2.79. The van der Waals surface area contributed by atoms with Gasteiger partial charge >= 0.3 is 0 Å². The number of hydrogen-bond acceptors (Lipinski definition) is 3. The lowest BCUT2D eigenvalue weighted by molar-refractivity contribution is 0.131. The summed E-state index contributed by atoms with van der Waals surface area (Å²) >= 11 is 0. The van der Waals surface area contributed by atoms with Crippen molar-refractivity contribution in [3.8, 4) is 5.75 Å². The van der Waals surface area contributed by atoms with E-state index in [1.807, 2.05) is 25.1 Å². The Balaban J connectivity index is 2.47. The second-order valence-electron chi connectivity index (χ2n) is 4.26. The number of phenolic OH excluding ortho intramolecular Hbond substituents is 1. The van der Waals surface area contributed by atoms with Crippen molar-refractivity contribution in [2.24, 2.45) is 0 Å². The number of para-hydroxylation sites is 1. The van der Waals surface area contributed by atoms with Gasteiger partial charge in [0, 0.05) is 25.0 Å². The van der Waals surface area contributed by atoms with Crippen LogP contribution in [0.5, 0.6) is 5.75 Å². The molecule has 0 spiro atoms. The van der Waals surface area contributed by atoms with E-state index in [1.165, 1.54) is 0 Å². The van der Waals surface area contributed by atoms with Crippen LogP contribution in [0.4, 0.5) is 0 Å². The molecule has 0 bridgehead atoms. The topological polar surface area (TPSA) is 38.7 Å². The van der Waals surface area contributed by atoms with E-state index in [1.54, 1.807) is 6.07 Å². The lowest BCUT2D eigenvalue weighted by atomic mass is 10.3. The van der Waals surface area contributed by atoms with Gasteiger partial charge in [-0.3, -0.25) is 0 Å². The first-order valence-corrected chi connectivity index (χ1v) is 8.63. The summed E-state index contributed by atoms with van der Waals surface area (Å²) in [5, 5.41) is 10.9. The monoisotopic (exact) mass is 268 g/mol. The van der Waals surface area contributed by atoms with Crippen LogP contribution in [0.3, 0.4) is 0 Å². The first kappa shape index (κ1) is 15.2. The molecule has 0 fully saturated rings. The molecule has 1 aromatic rings. The Kier molecular flexibility index (Phi) is 7.72. The third kappa shape index (κ3) is 5.21. The maximum absolute atomic E-state index is 9.88. The fraction of sp³-hybridized carbons (Fsp3) is 0.571. The Morgan fingerprint density at radius 2 is 1.94 bits per heavy atom. The summed E-state index contributed by atoms with van der Waals surface area (Å²) in [5.41, 5.74) is 0. The molecular weight excluding hydrogens is 244 g/mol. The summed E-state index contributed by atoms with van der Waals surface area (Å²) < 4.78 is 11.3. The summed E-state index contributed by atoms with van der Waals surface area (Å²) in [6, 6.07) is 8.62. The first-order chi connectivity index (χ1) is 8.79. The van der Waals surface area contributed by atoms with Crippen molar-refractivity contribution < 1.29 is 14.3 Å². The lowest BCUT2D eigenvalue weighted by Gasteiger charge is -2.17. The van der Waals surface area contributed by atoms with Gasteiger partial charge in [-0.05, 0) is 25.5 Å². The van der Waals surface area contributed by atoms with Gasteiger partial charge in [-0.15, -0.1) is 0 Å². The van der Waals surface area contributed by atoms with Gasteiger partial charge in [-0.2, -0.15) is 0 Å². The van der Waals surface area contributed by atoms with Gasteiger partial charge in [0.2, 0.25) is 9.04 Å². The molecule has 3 nitrogen and oxygen atoms in total. The Morgan fingerprint density at radius 3 is 2.61 bits per heavy atom. The SMILES string of the molecule is CCC[SiH](OCCCOCC)c1ccccc1O. The molecule has 0 aliphatic heterocycles. The Bertz CT molecular complexity index is 331. The van der Waals surface area contributed by atoms with E-state index in [4.69, 9.17) is 9.16 Å². The maximum atomic E-state index is 9.88. The van der Waals surface area contributed by atoms with Crippen LogP contribution in [0.1, 0.15) is 26.7 Å². The van der Waals surface area contributed by atoms with E-state index in [0.29, 0.717) is 5.75 Å². The summed E-state index contributed by atoms with van der Waals surface area (Å²) in [5.74, 6) is 0.382. The lowest BCUT2D eigenvalue weighted by Crippen LogP contribution is -2.34. The Hall–Kier alpha value is -0.843. The van der Waals surface area contributed by atoms with Gasteiger partial charge in [0.05, 0.1) is 0 Å². The van der Waals surface area contributed by atoms with E-state index >= 15 is 0 Å². The fourth-order valence-corrected chi connectivity index (χ4v) is 4.27. The summed E-state index contributed by atoms with van der Waals surface area (Å²) in [6.45, 7) is 6.39. The Labute approximate surface area is 111 Å². The predicted molar refractivity (Wildman–Crippen MR) is 77.0 cm³/mol. The summed E-state index contributed by atoms with van der Waals surface area (Å²) in [7, 11) is -1.49. The Morgan fingerprint density at radius 1 is 1.17 bits per heavy atom. The van der Waals surface area contributed by atoms with Crippen LogP contribution < -0.4 is 5.19 Å². The van der Waals surface area contributed by atoms with E-state index in [2.05, 4.69) is 6.92 Å². The number of phenols is 1. The molecule has 1 unspecified atom stereocenters. The largest absolute Gasteiger partial charge is 0.508 e. The van der Waals surface area contributed by atoms with E-state index < -0.39 is 9.04 Å². The number of aromatic hydroxyl groups is 1. The van der Waals surface area contributed by atoms with Crippen LogP contribution in [0.2, 0.25) is 6.04 Å². The normalized spacial score (nSPS) is 12.6.